The lowest BCUT2D eigenvalue weighted by Crippen LogP contribution is -2.53. The molecule has 0 N–H and O–H groups in total. The third-order valence-corrected chi connectivity index (χ3v) is 5.31. The largest absolute Gasteiger partial charge is 0.339 e. The van der Waals surface area contributed by atoms with E-state index in [4.69, 9.17) is 0 Å². The molecule has 28 heavy (non-hydrogen) atoms. The normalized spacial score (nSPS) is 17.6. The fourth-order valence-corrected chi connectivity index (χ4v) is 3.70. The summed E-state index contributed by atoms with van der Waals surface area (Å²) in [6.07, 6.45) is 3.72. The summed E-state index contributed by atoms with van der Waals surface area (Å²) in [6, 6.07) is 11.1. The highest BCUT2D eigenvalue weighted by molar-refractivity contribution is 6.11. The Kier molecular flexibility index (Phi) is 5.16. The van der Waals surface area contributed by atoms with Gasteiger partial charge < -0.3 is 4.90 Å². The maximum atomic E-state index is 12.7. The molecule has 1 aromatic heterocycles. The van der Waals surface area contributed by atoms with Crippen molar-refractivity contribution >= 4 is 17.7 Å². The van der Waals surface area contributed by atoms with Crippen LogP contribution in [0.2, 0.25) is 0 Å². The first kappa shape index (κ1) is 18.3. The lowest BCUT2D eigenvalue weighted by molar-refractivity contribution is -0.139. The standard InChI is InChI=1S/C21H22N4O3/c26-19-13-17-3-1-2-4-18(17)21(28)25(19)15-20(27)24-11-9-23(10-12-24)14-16-5-7-22-8-6-16/h1-8H,9-15H2. The Morgan fingerprint density at radius 1 is 0.964 bits per heavy atom. The Balaban J connectivity index is 1.33. The number of piperazine rings is 1. The topological polar surface area (TPSA) is 73.8 Å². The number of imide groups is 1. The summed E-state index contributed by atoms with van der Waals surface area (Å²) >= 11 is 0. The number of hydrogen-bond acceptors (Lipinski definition) is 5. The van der Waals surface area contributed by atoms with Crippen LogP contribution in [0.25, 0.3) is 0 Å². The molecule has 2 aromatic rings. The number of carbonyl (C=O) groups excluding carboxylic acids is 3. The number of amides is 3. The van der Waals surface area contributed by atoms with Gasteiger partial charge in [0.2, 0.25) is 11.8 Å². The number of fused-ring (bicyclic) bond motifs is 1. The van der Waals surface area contributed by atoms with E-state index >= 15 is 0 Å². The van der Waals surface area contributed by atoms with E-state index in [2.05, 4.69) is 9.88 Å². The van der Waals surface area contributed by atoms with Crippen molar-refractivity contribution in [2.75, 3.05) is 32.7 Å². The first-order valence-electron chi connectivity index (χ1n) is 9.43. The van der Waals surface area contributed by atoms with Crippen molar-refractivity contribution in [3.8, 4) is 0 Å². The maximum absolute atomic E-state index is 12.7. The smallest absolute Gasteiger partial charge is 0.261 e. The predicted molar refractivity (Wildman–Crippen MR) is 102 cm³/mol. The lowest BCUT2D eigenvalue weighted by Gasteiger charge is -2.36. The third kappa shape index (κ3) is 3.80. The van der Waals surface area contributed by atoms with E-state index in [1.807, 2.05) is 18.2 Å². The van der Waals surface area contributed by atoms with Crippen LogP contribution < -0.4 is 0 Å². The fraction of sp³-hybridized carbons (Fsp3) is 0.333. The Labute approximate surface area is 163 Å². The summed E-state index contributed by atoms with van der Waals surface area (Å²) < 4.78 is 0. The molecule has 0 atom stereocenters. The number of nitrogens with zero attached hydrogens (tertiary/aromatic N) is 4. The van der Waals surface area contributed by atoms with Crippen LogP contribution in [0.15, 0.2) is 48.8 Å². The third-order valence-electron chi connectivity index (χ3n) is 5.31. The van der Waals surface area contributed by atoms with Gasteiger partial charge in [-0.25, -0.2) is 0 Å². The van der Waals surface area contributed by atoms with E-state index in [1.54, 1.807) is 35.5 Å². The van der Waals surface area contributed by atoms with Gasteiger partial charge in [-0.1, -0.05) is 18.2 Å². The van der Waals surface area contributed by atoms with Gasteiger partial charge in [0.05, 0.1) is 6.42 Å². The number of aromatic nitrogens is 1. The Morgan fingerprint density at radius 3 is 2.43 bits per heavy atom. The van der Waals surface area contributed by atoms with Gasteiger partial charge in [-0.05, 0) is 29.3 Å². The van der Waals surface area contributed by atoms with Gasteiger partial charge in [0.1, 0.15) is 6.54 Å². The molecular formula is C21H22N4O3. The second kappa shape index (κ2) is 7.90. The van der Waals surface area contributed by atoms with Crippen molar-refractivity contribution in [3.63, 3.8) is 0 Å². The molecule has 1 saturated heterocycles. The van der Waals surface area contributed by atoms with Crippen LogP contribution in [0.1, 0.15) is 21.5 Å². The molecule has 0 saturated carbocycles. The molecule has 0 aliphatic carbocycles. The lowest BCUT2D eigenvalue weighted by atomic mass is 9.98. The van der Waals surface area contributed by atoms with Crippen molar-refractivity contribution in [2.45, 2.75) is 13.0 Å². The van der Waals surface area contributed by atoms with Crippen LogP contribution in [0.4, 0.5) is 0 Å². The number of pyridine rings is 1. The highest BCUT2D eigenvalue weighted by atomic mass is 16.2. The second-order valence-electron chi connectivity index (χ2n) is 7.13. The van der Waals surface area contributed by atoms with Crippen LogP contribution in [0, 0.1) is 0 Å². The van der Waals surface area contributed by atoms with E-state index in [0.717, 1.165) is 30.1 Å². The Hall–Kier alpha value is -3.06. The Morgan fingerprint density at radius 2 is 1.68 bits per heavy atom. The molecule has 0 unspecified atom stereocenters. The average Bonchev–Trinajstić information content (AvgIpc) is 2.72. The monoisotopic (exact) mass is 378 g/mol. The van der Waals surface area contributed by atoms with Crippen LogP contribution >= 0.6 is 0 Å². The molecule has 2 aliphatic heterocycles. The SMILES string of the molecule is O=C(CN1C(=O)Cc2ccccc2C1=O)N1CCN(Cc2ccncc2)CC1. The molecule has 7 nitrogen and oxygen atoms in total. The number of rotatable bonds is 4. The van der Waals surface area contributed by atoms with Crippen molar-refractivity contribution in [1.29, 1.82) is 0 Å². The molecule has 1 fully saturated rings. The molecule has 1 aromatic carbocycles. The molecule has 0 spiro atoms. The minimum Gasteiger partial charge on any atom is -0.339 e. The highest BCUT2D eigenvalue weighted by Crippen LogP contribution is 2.20. The Bertz CT molecular complexity index is 892. The summed E-state index contributed by atoms with van der Waals surface area (Å²) in [5.74, 6) is -0.866. The van der Waals surface area contributed by atoms with Crippen molar-refractivity contribution < 1.29 is 14.4 Å². The zero-order valence-corrected chi connectivity index (χ0v) is 15.6. The molecule has 0 radical (unpaired) electrons. The van der Waals surface area contributed by atoms with Gasteiger partial charge in [0, 0.05) is 50.7 Å². The van der Waals surface area contributed by atoms with E-state index in [-0.39, 0.29) is 30.7 Å². The molecular weight excluding hydrogens is 356 g/mol. The minimum atomic E-state index is -0.378. The molecule has 3 amide bonds. The van der Waals surface area contributed by atoms with E-state index in [9.17, 15) is 14.4 Å². The summed E-state index contributed by atoms with van der Waals surface area (Å²) in [4.78, 5) is 46.8. The van der Waals surface area contributed by atoms with Crippen LogP contribution in [0.3, 0.4) is 0 Å². The zero-order valence-electron chi connectivity index (χ0n) is 15.6. The summed E-state index contributed by atoms with van der Waals surface area (Å²) in [7, 11) is 0. The average molecular weight is 378 g/mol. The van der Waals surface area contributed by atoms with Gasteiger partial charge in [-0.15, -0.1) is 0 Å². The molecule has 3 heterocycles. The fourth-order valence-electron chi connectivity index (χ4n) is 3.70. The maximum Gasteiger partial charge on any atom is 0.261 e. The summed E-state index contributed by atoms with van der Waals surface area (Å²) in [5, 5.41) is 0. The van der Waals surface area contributed by atoms with Crippen molar-refractivity contribution in [2.24, 2.45) is 0 Å². The van der Waals surface area contributed by atoms with Gasteiger partial charge in [0.15, 0.2) is 0 Å². The summed E-state index contributed by atoms with van der Waals surface area (Å²) in [5.41, 5.74) is 2.43. The molecule has 144 valence electrons. The van der Waals surface area contributed by atoms with Crippen LogP contribution in [-0.4, -0.2) is 70.1 Å². The highest BCUT2D eigenvalue weighted by Gasteiger charge is 2.33. The van der Waals surface area contributed by atoms with E-state index < -0.39 is 0 Å². The minimum absolute atomic E-state index is 0.162. The van der Waals surface area contributed by atoms with Crippen LogP contribution in [-0.2, 0) is 22.6 Å². The quantitative estimate of drug-likeness (QED) is 0.741. The first-order chi connectivity index (χ1) is 13.6. The summed E-state index contributed by atoms with van der Waals surface area (Å²) in [6.45, 7) is 3.35. The van der Waals surface area contributed by atoms with Gasteiger partial charge in [-0.2, -0.15) is 0 Å². The van der Waals surface area contributed by atoms with E-state index in [0.29, 0.717) is 18.7 Å². The van der Waals surface area contributed by atoms with Gasteiger partial charge in [-0.3, -0.25) is 29.2 Å². The second-order valence-corrected chi connectivity index (χ2v) is 7.13. The number of carbonyl (C=O) groups is 3. The molecule has 4 rings (SSSR count). The molecule has 7 heteroatoms. The number of benzene rings is 1. The van der Waals surface area contributed by atoms with Gasteiger partial charge in [0.25, 0.3) is 5.91 Å². The number of hydrogen-bond donors (Lipinski definition) is 0. The van der Waals surface area contributed by atoms with Gasteiger partial charge >= 0.3 is 0 Å². The molecule has 2 aliphatic rings. The van der Waals surface area contributed by atoms with Crippen LogP contribution in [0.5, 0.6) is 0 Å². The van der Waals surface area contributed by atoms with Crippen molar-refractivity contribution in [3.05, 3.63) is 65.5 Å². The molecule has 0 bridgehead atoms. The predicted octanol–water partition coefficient (Wildman–Crippen LogP) is 0.951. The zero-order chi connectivity index (χ0) is 19.5. The van der Waals surface area contributed by atoms with Crippen molar-refractivity contribution in [1.82, 2.24) is 19.7 Å². The van der Waals surface area contributed by atoms with E-state index in [1.165, 1.54) is 5.56 Å². The first-order valence-corrected chi connectivity index (χ1v) is 9.43.